The summed E-state index contributed by atoms with van der Waals surface area (Å²) in [4.78, 5) is 47.2. The average molecular weight is 372 g/mol. The number of rotatable bonds is 6. The van der Waals surface area contributed by atoms with Gasteiger partial charge in [0.15, 0.2) is 0 Å². The maximum atomic E-state index is 12.6. The number of benzene rings is 2. The predicted molar refractivity (Wildman–Crippen MR) is 95.9 cm³/mol. The van der Waals surface area contributed by atoms with Crippen molar-refractivity contribution >= 4 is 34.7 Å². The number of esters is 1. The molecule has 0 heterocycles. The number of nitrogens with one attached hydrogen (secondary N) is 1. The lowest BCUT2D eigenvalue weighted by Gasteiger charge is -2.10. The minimum atomic E-state index is -0.671. The molecule has 0 saturated carbocycles. The van der Waals surface area contributed by atoms with Crippen molar-refractivity contribution in [1.82, 2.24) is 5.32 Å². The van der Waals surface area contributed by atoms with E-state index in [4.69, 9.17) is 10.5 Å². The number of carbonyl (C=O) groups excluding carboxylic acids is 4. The minimum Gasteiger partial charge on any atom is -0.426 e. The third kappa shape index (κ3) is 5.18. The van der Waals surface area contributed by atoms with Gasteiger partial charge in [-0.3, -0.25) is 19.2 Å². The summed E-state index contributed by atoms with van der Waals surface area (Å²) in [6, 6.07) is 12.8. The van der Waals surface area contributed by atoms with Gasteiger partial charge in [0.1, 0.15) is 5.75 Å². The Labute approximate surface area is 153 Å². The van der Waals surface area contributed by atoms with E-state index in [9.17, 15) is 19.2 Å². The van der Waals surface area contributed by atoms with Crippen LogP contribution >= 0.6 is 11.8 Å². The zero-order chi connectivity index (χ0) is 19.1. The second kappa shape index (κ2) is 8.82. The fraction of sp³-hybridized carbons (Fsp3) is 0.111. The van der Waals surface area contributed by atoms with Crippen molar-refractivity contribution in [1.29, 1.82) is 0 Å². The summed E-state index contributed by atoms with van der Waals surface area (Å²) in [7, 11) is 0. The molecule has 0 aliphatic carbocycles. The standard InChI is InChI=1S/C18H16N2O5S/c1-11(21)25-14-8-4-2-6-12(14)18(24)26-15-9-5-3-7-13(15)17(23)20-10-16(19)22/h2-9H,10H2,1H3,(H2,19,22)(H,20,23). The summed E-state index contributed by atoms with van der Waals surface area (Å²) < 4.78 is 5.04. The van der Waals surface area contributed by atoms with Gasteiger partial charge in [-0.15, -0.1) is 0 Å². The van der Waals surface area contributed by atoms with Crippen molar-refractivity contribution in [3.63, 3.8) is 0 Å². The Kier molecular flexibility index (Phi) is 6.51. The molecule has 8 heteroatoms. The van der Waals surface area contributed by atoms with Crippen molar-refractivity contribution in [3.05, 3.63) is 59.7 Å². The number of nitrogens with two attached hydrogens (primary N) is 1. The van der Waals surface area contributed by atoms with Gasteiger partial charge in [-0.05, 0) is 36.0 Å². The van der Waals surface area contributed by atoms with Crippen LogP contribution in [0, 0.1) is 0 Å². The summed E-state index contributed by atoms with van der Waals surface area (Å²) in [5.74, 6) is -1.59. The first-order valence-corrected chi connectivity index (χ1v) is 8.35. The molecule has 7 nitrogen and oxygen atoms in total. The summed E-state index contributed by atoms with van der Waals surface area (Å²) in [5.41, 5.74) is 5.46. The summed E-state index contributed by atoms with van der Waals surface area (Å²) >= 11 is 0.820. The van der Waals surface area contributed by atoms with Gasteiger partial charge in [0, 0.05) is 11.8 Å². The van der Waals surface area contributed by atoms with Crippen LogP contribution < -0.4 is 15.8 Å². The topological polar surface area (TPSA) is 116 Å². The van der Waals surface area contributed by atoms with E-state index in [-0.39, 0.29) is 23.4 Å². The number of thioether (sulfide) groups is 1. The van der Waals surface area contributed by atoms with Crippen LogP contribution in [0.3, 0.4) is 0 Å². The first kappa shape index (κ1) is 19.2. The van der Waals surface area contributed by atoms with Gasteiger partial charge in [0.05, 0.1) is 17.7 Å². The van der Waals surface area contributed by atoms with Crippen LogP contribution in [0.2, 0.25) is 0 Å². The quantitative estimate of drug-likeness (QED) is 0.453. The minimum absolute atomic E-state index is 0.146. The molecule has 0 fully saturated rings. The van der Waals surface area contributed by atoms with Crippen LogP contribution in [-0.4, -0.2) is 29.4 Å². The zero-order valence-corrected chi connectivity index (χ0v) is 14.7. The van der Waals surface area contributed by atoms with Crippen LogP contribution in [0.4, 0.5) is 0 Å². The van der Waals surface area contributed by atoms with Crippen molar-refractivity contribution in [3.8, 4) is 5.75 Å². The molecule has 0 spiro atoms. The molecule has 0 radical (unpaired) electrons. The Morgan fingerprint density at radius 3 is 2.27 bits per heavy atom. The van der Waals surface area contributed by atoms with Crippen molar-refractivity contribution in [2.24, 2.45) is 5.73 Å². The third-order valence-corrected chi connectivity index (χ3v) is 4.10. The van der Waals surface area contributed by atoms with Crippen LogP contribution in [0.5, 0.6) is 5.75 Å². The fourth-order valence-corrected chi connectivity index (χ4v) is 2.94. The van der Waals surface area contributed by atoms with Gasteiger partial charge in [0.25, 0.3) is 5.91 Å². The SMILES string of the molecule is CC(=O)Oc1ccccc1C(=O)Sc1ccccc1C(=O)NCC(N)=O. The number of primary amides is 1. The van der Waals surface area contributed by atoms with Gasteiger partial charge in [-0.1, -0.05) is 24.3 Å². The molecule has 3 N–H and O–H groups in total. The molecule has 0 saturated heterocycles. The number of para-hydroxylation sites is 1. The van der Waals surface area contributed by atoms with Crippen LogP contribution in [0.1, 0.15) is 27.6 Å². The number of amides is 2. The fourth-order valence-electron chi connectivity index (χ4n) is 2.04. The van der Waals surface area contributed by atoms with E-state index >= 15 is 0 Å². The van der Waals surface area contributed by atoms with E-state index < -0.39 is 22.9 Å². The zero-order valence-electron chi connectivity index (χ0n) is 13.9. The maximum Gasteiger partial charge on any atom is 0.308 e. The highest BCUT2D eigenvalue weighted by Crippen LogP contribution is 2.30. The lowest BCUT2D eigenvalue weighted by Crippen LogP contribution is -2.33. The Morgan fingerprint density at radius 2 is 1.62 bits per heavy atom. The van der Waals surface area contributed by atoms with E-state index in [1.165, 1.54) is 25.1 Å². The highest BCUT2D eigenvalue weighted by atomic mass is 32.2. The van der Waals surface area contributed by atoms with Crippen molar-refractivity contribution in [2.45, 2.75) is 11.8 Å². The molecule has 0 unspecified atom stereocenters. The van der Waals surface area contributed by atoms with Crippen molar-refractivity contribution < 1.29 is 23.9 Å². The number of carbonyl (C=O) groups is 4. The normalized spacial score (nSPS) is 10.0. The molecule has 2 amide bonds. The Hall–Kier alpha value is -3.13. The van der Waals surface area contributed by atoms with E-state index in [1.54, 1.807) is 30.3 Å². The smallest absolute Gasteiger partial charge is 0.308 e. The molecular formula is C18H16N2O5S. The van der Waals surface area contributed by atoms with Crippen LogP contribution in [0.15, 0.2) is 53.4 Å². The molecule has 2 aromatic carbocycles. The predicted octanol–water partition coefficient (Wildman–Crippen LogP) is 1.76. The Morgan fingerprint density at radius 1 is 1.00 bits per heavy atom. The molecule has 0 aromatic heterocycles. The van der Waals surface area contributed by atoms with Gasteiger partial charge >= 0.3 is 5.97 Å². The monoisotopic (exact) mass is 372 g/mol. The maximum absolute atomic E-state index is 12.6. The molecule has 134 valence electrons. The molecule has 2 rings (SSSR count). The van der Waals surface area contributed by atoms with Gasteiger partial charge in [-0.2, -0.15) is 0 Å². The molecule has 0 atom stereocenters. The molecule has 2 aromatic rings. The van der Waals surface area contributed by atoms with E-state index in [0.29, 0.717) is 4.90 Å². The van der Waals surface area contributed by atoms with Gasteiger partial charge in [0.2, 0.25) is 11.0 Å². The molecule has 0 bridgehead atoms. The van der Waals surface area contributed by atoms with E-state index in [0.717, 1.165) is 11.8 Å². The summed E-state index contributed by atoms with van der Waals surface area (Å²) in [6.07, 6.45) is 0. The first-order chi connectivity index (χ1) is 12.4. The van der Waals surface area contributed by atoms with E-state index in [1.807, 2.05) is 0 Å². The first-order valence-electron chi connectivity index (χ1n) is 7.53. The average Bonchev–Trinajstić information content (AvgIpc) is 2.60. The van der Waals surface area contributed by atoms with Gasteiger partial charge in [-0.25, -0.2) is 0 Å². The molecule has 26 heavy (non-hydrogen) atoms. The number of ether oxygens (including phenoxy) is 1. The van der Waals surface area contributed by atoms with Gasteiger partial charge < -0.3 is 15.8 Å². The molecule has 0 aliphatic heterocycles. The number of hydrogen-bond donors (Lipinski definition) is 2. The second-order valence-corrected chi connectivity index (χ2v) is 6.14. The second-order valence-electron chi connectivity index (χ2n) is 5.12. The van der Waals surface area contributed by atoms with Crippen LogP contribution in [-0.2, 0) is 9.59 Å². The number of hydrogen-bond acceptors (Lipinski definition) is 6. The van der Waals surface area contributed by atoms with Crippen LogP contribution in [0.25, 0.3) is 0 Å². The lowest BCUT2D eigenvalue weighted by molar-refractivity contribution is -0.131. The summed E-state index contributed by atoms with van der Waals surface area (Å²) in [5, 5.41) is 1.99. The molecular weight excluding hydrogens is 356 g/mol. The largest absolute Gasteiger partial charge is 0.426 e. The molecule has 0 aliphatic rings. The summed E-state index contributed by atoms with van der Waals surface area (Å²) in [6.45, 7) is 0.938. The highest BCUT2D eigenvalue weighted by Gasteiger charge is 2.19. The van der Waals surface area contributed by atoms with Crippen molar-refractivity contribution in [2.75, 3.05) is 6.54 Å². The van der Waals surface area contributed by atoms with E-state index in [2.05, 4.69) is 5.32 Å². The lowest BCUT2D eigenvalue weighted by atomic mass is 10.2. The highest BCUT2D eigenvalue weighted by molar-refractivity contribution is 8.14. The Bertz CT molecular complexity index is 866. The third-order valence-electron chi connectivity index (χ3n) is 3.12. The Balaban J connectivity index is 2.24.